The summed E-state index contributed by atoms with van der Waals surface area (Å²) >= 11 is 0. The SMILES string of the molecule is CC(=O)/C=C(\O)c1ncn(C(=O)OC[PH](C)=O)n1.[Y]. The fourth-order valence-corrected chi connectivity index (χ4v) is 1.28. The molecule has 0 spiro atoms. The van der Waals surface area contributed by atoms with Crippen molar-refractivity contribution in [2.45, 2.75) is 6.92 Å². The summed E-state index contributed by atoms with van der Waals surface area (Å²) in [5.74, 6) is -1.000. The van der Waals surface area contributed by atoms with Crippen LogP contribution in [-0.4, -0.2) is 44.8 Å². The minimum atomic E-state index is -1.92. The Hall–Kier alpha value is -0.846. The molecule has 1 atom stereocenters. The third-order valence-corrected chi connectivity index (χ3v) is 2.20. The van der Waals surface area contributed by atoms with Gasteiger partial charge in [0.05, 0.1) is 0 Å². The normalized spacial score (nSPS) is 12.4. The van der Waals surface area contributed by atoms with Crippen LogP contribution < -0.4 is 0 Å². The number of hydrogen-bond donors (Lipinski definition) is 1. The maximum atomic E-state index is 11.4. The minimum Gasteiger partial charge on any atom is -0.504 e. The van der Waals surface area contributed by atoms with Crippen LogP contribution in [0.5, 0.6) is 0 Å². The predicted molar refractivity (Wildman–Crippen MR) is 63.0 cm³/mol. The van der Waals surface area contributed by atoms with Crippen LogP contribution in [0.1, 0.15) is 12.7 Å². The second-order valence-corrected chi connectivity index (χ2v) is 5.10. The first-order chi connectivity index (χ1) is 8.40. The Balaban J connectivity index is 0.00000324. The Morgan fingerprint density at radius 2 is 2.21 bits per heavy atom. The number of aromatic nitrogens is 3. The summed E-state index contributed by atoms with van der Waals surface area (Å²) in [4.78, 5) is 25.7. The van der Waals surface area contributed by atoms with Crippen LogP contribution in [-0.2, 0) is 46.8 Å². The van der Waals surface area contributed by atoms with Gasteiger partial charge in [-0.1, -0.05) is 0 Å². The molecule has 101 valence electrons. The smallest absolute Gasteiger partial charge is 0.436 e. The molecule has 0 saturated heterocycles. The number of aliphatic hydroxyl groups is 1. The molecule has 1 aromatic heterocycles. The van der Waals surface area contributed by atoms with Gasteiger partial charge in [0, 0.05) is 38.8 Å². The van der Waals surface area contributed by atoms with E-state index in [4.69, 9.17) is 0 Å². The molecule has 10 heteroatoms. The van der Waals surface area contributed by atoms with E-state index in [2.05, 4.69) is 14.8 Å². The quantitative estimate of drug-likeness (QED) is 0.481. The van der Waals surface area contributed by atoms with Gasteiger partial charge in [0.25, 0.3) is 0 Å². The van der Waals surface area contributed by atoms with E-state index >= 15 is 0 Å². The van der Waals surface area contributed by atoms with E-state index in [9.17, 15) is 19.3 Å². The number of carbonyl (C=O) groups excluding carboxylic acids is 2. The first kappa shape index (κ1) is 18.2. The molecule has 0 aromatic carbocycles. The van der Waals surface area contributed by atoms with Crippen LogP contribution in [0, 0.1) is 0 Å². The molecule has 1 N–H and O–H groups in total. The molecule has 0 aliphatic heterocycles. The number of ether oxygens (including phenoxy) is 1. The van der Waals surface area contributed by atoms with Crippen LogP contribution >= 0.6 is 7.80 Å². The zero-order valence-electron chi connectivity index (χ0n) is 10.4. The fraction of sp³-hybridized carbons (Fsp3) is 0.333. The maximum absolute atomic E-state index is 11.4. The number of aliphatic hydroxyl groups excluding tert-OH is 1. The summed E-state index contributed by atoms with van der Waals surface area (Å²) in [6.07, 6.45) is 0.906. The molecule has 0 aliphatic carbocycles. The van der Waals surface area contributed by atoms with E-state index in [1.807, 2.05) is 0 Å². The molecule has 1 rings (SSSR count). The second-order valence-electron chi connectivity index (χ2n) is 3.41. The Labute approximate surface area is 134 Å². The number of allylic oxidation sites excluding steroid dienone is 1. The number of carbonyl (C=O) groups is 2. The molecule has 0 aliphatic rings. The zero-order valence-corrected chi connectivity index (χ0v) is 14.2. The number of ketones is 1. The van der Waals surface area contributed by atoms with E-state index in [0.29, 0.717) is 0 Å². The van der Waals surface area contributed by atoms with Crippen molar-refractivity contribution in [3.8, 4) is 0 Å². The van der Waals surface area contributed by atoms with Crippen molar-refractivity contribution >= 4 is 25.4 Å². The van der Waals surface area contributed by atoms with Crippen molar-refractivity contribution in [3.05, 3.63) is 18.2 Å². The van der Waals surface area contributed by atoms with Crippen molar-refractivity contribution in [2.24, 2.45) is 0 Å². The first-order valence-electron chi connectivity index (χ1n) is 4.90. The molecule has 19 heavy (non-hydrogen) atoms. The monoisotopic (exact) mass is 362 g/mol. The summed E-state index contributed by atoms with van der Waals surface area (Å²) in [6, 6.07) is 0. The Morgan fingerprint density at radius 1 is 1.58 bits per heavy atom. The van der Waals surface area contributed by atoms with E-state index in [1.54, 1.807) is 0 Å². The molecule has 0 amide bonds. The van der Waals surface area contributed by atoms with Gasteiger partial charge in [-0.05, 0) is 13.6 Å². The molecule has 0 fully saturated rings. The van der Waals surface area contributed by atoms with Crippen LogP contribution in [0.2, 0.25) is 0 Å². The Morgan fingerprint density at radius 3 is 2.74 bits per heavy atom. The van der Waals surface area contributed by atoms with Gasteiger partial charge in [0.1, 0.15) is 20.5 Å². The molecule has 1 aromatic rings. The number of hydrogen-bond acceptors (Lipinski definition) is 7. The second kappa shape index (κ2) is 8.35. The van der Waals surface area contributed by atoms with Crippen LogP contribution in [0.15, 0.2) is 12.4 Å². The van der Waals surface area contributed by atoms with Crippen molar-refractivity contribution < 1.29 is 56.7 Å². The predicted octanol–water partition coefficient (Wildman–Crippen LogP) is 0.895. The zero-order chi connectivity index (χ0) is 13.7. The Kier molecular flexibility index (Phi) is 7.98. The van der Waals surface area contributed by atoms with Gasteiger partial charge in [-0.25, -0.2) is 9.78 Å². The van der Waals surface area contributed by atoms with Gasteiger partial charge in [-0.15, -0.1) is 5.10 Å². The van der Waals surface area contributed by atoms with Gasteiger partial charge in [-0.3, -0.25) is 4.79 Å². The van der Waals surface area contributed by atoms with Crippen molar-refractivity contribution in [1.29, 1.82) is 0 Å². The summed E-state index contributed by atoms with van der Waals surface area (Å²) in [7, 11) is -1.92. The molecule has 0 saturated carbocycles. The standard InChI is InChI=1S/C9H12N3O5P.Y/c1-6(13)3-7(14)8-10-4-12(11-8)9(15)17-5-18(2)16;/h3-4,14,18H,5H2,1-2H3;/b7-3-;. The topological polar surface area (TPSA) is 111 Å². The number of nitrogens with zero attached hydrogens (tertiary/aromatic N) is 3. The van der Waals surface area contributed by atoms with Gasteiger partial charge in [0.2, 0.25) is 5.82 Å². The maximum Gasteiger partial charge on any atom is 0.436 e. The largest absolute Gasteiger partial charge is 0.504 e. The fourth-order valence-electron chi connectivity index (χ4n) is 0.955. The summed E-state index contributed by atoms with van der Waals surface area (Å²) in [5.41, 5.74) is 0. The molecule has 8 nitrogen and oxygen atoms in total. The van der Waals surface area contributed by atoms with E-state index in [0.717, 1.165) is 17.1 Å². The summed E-state index contributed by atoms with van der Waals surface area (Å²) < 4.78 is 16.2. The van der Waals surface area contributed by atoms with Crippen molar-refractivity contribution in [1.82, 2.24) is 14.8 Å². The molecular formula is C9H12N3O5PY. The average Bonchev–Trinajstić information content (AvgIpc) is 2.74. The van der Waals surface area contributed by atoms with E-state index in [1.165, 1.54) is 13.6 Å². The first-order valence-corrected chi connectivity index (χ1v) is 7.01. The number of rotatable bonds is 4. The van der Waals surface area contributed by atoms with Crippen LogP contribution in [0.25, 0.3) is 5.76 Å². The van der Waals surface area contributed by atoms with Gasteiger partial charge in [-0.2, -0.15) is 4.68 Å². The van der Waals surface area contributed by atoms with Crippen molar-refractivity contribution in [2.75, 3.05) is 13.0 Å². The third kappa shape index (κ3) is 6.23. The Bertz CT molecular complexity index is 528. The van der Waals surface area contributed by atoms with Crippen LogP contribution in [0.3, 0.4) is 0 Å². The van der Waals surface area contributed by atoms with E-state index in [-0.39, 0.29) is 50.7 Å². The summed E-state index contributed by atoms with van der Waals surface area (Å²) in [6.45, 7) is 2.70. The molecule has 0 bridgehead atoms. The van der Waals surface area contributed by atoms with Gasteiger partial charge >= 0.3 is 6.09 Å². The van der Waals surface area contributed by atoms with Crippen LogP contribution in [0.4, 0.5) is 4.79 Å². The minimum absolute atomic E-state index is 0. The molecule has 1 radical (unpaired) electrons. The van der Waals surface area contributed by atoms with Gasteiger partial charge in [0.15, 0.2) is 11.5 Å². The van der Waals surface area contributed by atoms with E-state index < -0.39 is 19.7 Å². The summed E-state index contributed by atoms with van der Waals surface area (Å²) in [5, 5.41) is 13.0. The molecule has 1 heterocycles. The van der Waals surface area contributed by atoms with Gasteiger partial charge < -0.3 is 14.4 Å². The molecular weight excluding hydrogens is 350 g/mol. The van der Waals surface area contributed by atoms with Crippen molar-refractivity contribution in [3.63, 3.8) is 0 Å². The molecule has 1 unspecified atom stereocenters. The average molecular weight is 362 g/mol. The third-order valence-electron chi connectivity index (χ3n) is 1.65.